The minimum absolute atomic E-state index is 0.0597. The molecule has 1 N–H and O–H groups in total. The number of nitrogens with zero attached hydrogens (tertiary/aromatic N) is 3. The fourth-order valence-corrected chi connectivity index (χ4v) is 5.45. The molecule has 4 rings (SSSR count). The van der Waals surface area contributed by atoms with Gasteiger partial charge in [0.15, 0.2) is 5.76 Å². The predicted octanol–water partition coefficient (Wildman–Crippen LogP) is 2.72. The molecular formula is C21H28N4O5S. The van der Waals surface area contributed by atoms with Crippen LogP contribution in [0.5, 0.6) is 0 Å². The van der Waals surface area contributed by atoms with Crippen molar-refractivity contribution < 1.29 is 22.4 Å². The van der Waals surface area contributed by atoms with E-state index in [0.29, 0.717) is 18.8 Å². The lowest BCUT2D eigenvalue weighted by Crippen LogP contribution is -2.45. The van der Waals surface area contributed by atoms with E-state index in [1.54, 1.807) is 12.3 Å². The first-order valence-electron chi connectivity index (χ1n) is 10.6. The third-order valence-electron chi connectivity index (χ3n) is 5.46. The highest BCUT2D eigenvalue weighted by Gasteiger charge is 2.30. The van der Waals surface area contributed by atoms with E-state index in [2.05, 4.69) is 15.2 Å². The van der Waals surface area contributed by atoms with Crippen molar-refractivity contribution in [3.63, 3.8) is 0 Å². The highest BCUT2D eigenvalue weighted by Crippen LogP contribution is 2.24. The number of ether oxygens (including phenoxy) is 1. The van der Waals surface area contributed by atoms with Crippen LogP contribution in [0.4, 0.5) is 11.5 Å². The number of nitrogens with one attached hydrogen (secondary N) is 1. The molecule has 0 aliphatic carbocycles. The molecule has 2 fully saturated rings. The molecule has 2 aromatic heterocycles. The average Bonchev–Trinajstić information content (AvgIpc) is 3.26. The Balaban J connectivity index is 1.41. The number of hydrogen-bond donors (Lipinski definition) is 1. The molecule has 10 heteroatoms. The van der Waals surface area contributed by atoms with Gasteiger partial charge in [0.1, 0.15) is 5.82 Å². The molecule has 0 spiro atoms. The van der Waals surface area contributed by atoms with Gasteiger partial charge >= 0.3 is 0 Å². The Morgan fingerprint density at radius 1 is 1.06 bits per heavy atom. The molecule has 31 heavy (non-hydrogen) atoms. The first kappa shape index (κ1) is 21.8. The molecule has 2 unspecified atom stereocenters. The van der Waals surface area contributed by atoms with Crippen molar-refractivity contribution in [3.05, 3.63) is 36.2 Å². The molecule has 2 atom stereocenters. The lowest BCUT2D eigenvalue weighted by atomic mass is 10.2. The van der Waals surface area contributed by atoms with Crippen LogP contribution in [0.2, 0.25) is 0 Å². The number of anilines is 2. The molecule has 2 aliphatic heterocycles. The lowest BCUT2D eigenvalue weighted by molar-refractivity contribution is -0.00545. The average molecular weight is 449 g/mol. The highest BCUT2D eigenvalue weighted by atomic mass is 32.2. The maximum absolute atomic E-state index is 12.7. The number of carbonyl (C=O) groups excluding carboxylic acids is 1. The van der Waals surface area contributed by atoms with Gasteiger partial charge in [-0.15, -0.1) is 0 Å². The van der Waals surface area contributed by atoms with Gasteiger partial charge in [-0.3, -0.25) is 4.79 Å². The smallest absolute Gasteiger partial charge is 0.291 e. The minimum atomic E-state index is -3.72. The van der Waals surface area contributed by atoms with E-state index in [-0.39, 0.29) is 23.1 Å². The Kier molecular flexibility index (Phi) is 6.31. The molecule has 0 bridgehead atoms. The molecule has 0 saturated carbocycles. The fraction of sp³-hybridized carbons (Fsp3) is 0.524. The first-order chi connectivity index (χ1) is 14.8. The summed E-state index contributed by atoms with van der Waals surface area (Å²) in [6.07, 6.45) is 4.51. The third-order valence-corrected chi connectivity index (χ3v) is 7.24. The van der Waals surface area contributed by atoms with Crippen LogP contribution in [0.3, 0.4) is 0 Å². The second kappa shape index (κ2) is 8.97. The maximum Gasteiger partial charge on any atom is 0.291 e. The van der Waals surface area contributed by atoms with Crippen molar-refractivity contribution in [3.8, 4) is 0 Å². The van der Waals surface area contributed by atoms with Crippen molar-refractivity contribution in [1.29, 1.82) is 0 Å². The van der Waals surface area contributed by atoms with Crippen LogP contribution < -0.4 is 10.2 Å². The molecule has 2 saturated heterocycles. The minimum Gasteiger partial charge on any atom is -0.438 e. The van der Waals surface area contributed by atoms with Gasteiger partial charge in [-0.2, -0.15) is 4.31 Å². The molecular weight excluding hydrogens is 420 g/mol. The van der Waals surface area contributed by atoms with Crippen molar-refractivity contribution in [2.24, 2.45) is 0 Å². The van der Waals surface area contributed by atoms with Gasteiger partial charge < -0.3 is 19.4 Å². The van der Waals surface area contributed by atoms with Gasteiger partial charge in [0.05, 0.1) is 24.1 Å². The van der Waals surface area contributed by atoms with Crippen LogP contribution in [0, 0.1) is 0 Å². The van der Waals surface area contributed by atoms with E-state index in [9.17, 15) is 13.2 Å². The monoisotopic (exact) mass is 448 g/mol. The molecule has 9 nitrogen and oxygen atoms in total. The number of carbonyl (C=O) groups is 1. The Morgan fingerprint density at radius 3 is 2.42 bits per heavy atom. The van der Waals surface area contributed by atoms with Gasteiger partial charge in [0, 0.05) is 26.2 Å². The molecule has 4 heterocycles. The number of rotatable bonds is 5. The predicted molar refractivity (Wildman–Crippen MR) is 116 cm³/mol. The van der Waals surface area contributed by atoms with Gasteiger partial charge in [0.2, 0.25) is 5.09 Å². The van der Waals surface area contributed by atoms with Gasteiger partial charge in [-0.1, -0.05) is 6.42 Å². The van der Waals surface area contributed by atoms with E-state index in [1.165, 1.54) is 16.4 Å². The Bertz CT molecular complexity index is 1000. The zero-order chi connectivity index (χ0) is 22.0. The standard InChI is InChI=1S/C21H28N4O5S/c1-15-13-24(14-16(2)29-15)19-8-6-17(12-22-19)23-21(26)18-7-9-20(30-18)31(27,28)25-10-4-3-5-11-25/h6-9,12,15-16H,3-5,10-11,13-14H2,1-2H3,(H,23,26). The number of amides is 1. The number of hydrogen-bond acceptors (Lipinski definition) is 7. The van der Waals surface area contributed by atoms with E-state index < -0.39 is 15.9 Å². The second-order valence-electron chi connectivity index (χ2n) is 8.10. The van der Waals surface area contributed by atoms with Crippen LogP contribution in [0.1, 0.15) is 43.7 Å². The van der Waals surface area contributed by atoms with Gasteiger partial charge in [-0.05, 0) is 51.0 Å². The highest BCUT2D eigenvalue weighted by molar-refractivity contribution is 7.89. The zero-order valence-corrected chi connectivity index (χ0v) is 18.6. The molecule has 2 aromatic rings. The summed E-state index contributed by atoms with van der Waals surface area (Å²) in [7, 11) is -3.72. The van der Waals surface area contributed by atoms with Gasteiger partial charge in [0.25, 0.3) is 15.9 Å². The number of aromatic nitrogens is 1. The maximum atomic E-state index is 12.7. The number of pyridine rings is 1. The van der Waals surface area contributed by atoms with Crippen molar-refractivity contribution in [2.45, 2.75) is 50.4 Å². The Morgan fingerprint density at radius 2 is 1.77 bits per heavy atom. The summed E-state index contributed by atoms with van der Waals surface area (Å²) in [4.78, 5) is 19.1. The van der Waals surface area contributed by atoms with Gasteiger partial charge in [-0.25, -0.2) is 13.4 Å². The Hall–Kier alpha value is -2.43. The first-order valence-corrected chi connectivity index (χ1v) is 12.0. The number of piperidine rings is 1. The molecule has 2 aliphatic rings. The van der Waals surface area contributed by atoms with E-state index >= 15 is 0 Å². The molecule has 168 valence electrons. The summed E-state index contributed by atoms with van der Waals surface area (Å²) >= 11 is 0. The summed E-state index contributed by atoms with van der Waals surface area (Å²) in [5.41, 5.74) is 0.500. The topological polar surface area (TPSA) is 105 Å². The summed E-state index contributed by atoms with van der Waals surface area (Å²) in [6.45, 7) is 6.51. The van der Waals surface area contributed by atoms with E-state index in [4.69, 9.17) is 9.15 Å². The normalized spacial score (nSPS) is 23.0. The van der Waals surface area contributed by atoms with Crippen LogP contribution in [-0.4, -0.2) is 62.0 Å². The third kappa shape index (κ3) is 4.91. The lowest BCUT2D eigenvalue weighted by Gasteiger charge is -2.36. The second-order valence-corrected chi connectivity index (χ2v) is 9.97. The van der Waals surface area contributed by atoms with Crippen molar-refractivity contribution >= 4 is 27.4 Å². The van der Waals surface area contributed by atoms with Crippen molar-refractivity contribution in [2.75, 3.05) is 36.4 Å². The quantitative estimate of drug-likeness (QED) is 0.750. The summed E-state index contributed by atoms with van der Waals surface area (Å²) in [6, 6.07) is 6.32. The van der Waals surface area contributed by atoms with Crippen LogP contribution in [-0.2, 0) is 14.8 Å². The number of morpholine rings is 1. The Labute approximate surface area is 182 Å². The molecule has 0 radical (unpaired) electrons. The summed E-state index contributed by atoms with van der Waals surface area (Å²) in [5, 5.41) is 2.50. The zero-order valence-electron chi connectivity index (χ0n) is 17.8. The van der Waals surface area contributed by atoms with Crippen molar-refractivity contribution in [1.82, 2.24) is 9.29 Å². The molecule has 1 amide bonds. The summed E-state index contributed by atoms with van der Waals surface area (Å²) in [5.74, 6) is 0.228. The molecule has 0 aromatic carbocycles. The SMILES string of the molecule is CC1CN(c2ccc(NC(=O)c3ccc(S(=O)(=O)N4CCCCC4)o3)cn2)CC(C)O1. The fourth-order valence-electron chi connectivity index (χ4n) is 4.02. The van der Waals surface area contributed by atoms with Crippen LogP contribution in [0.15, 0.2) is 40.0 Å². The van der Waals surface area contributed by atoms with Crippen LogP contribution in [0.25, 0.3) is 0 Å². The van der Waals surface area contributed by atoms with E-state index in [1.807, 2.05) is 19.9 Å². The van der Waals surface area contributed by atoms with Crippen LogP contribution >= 0.6 is 0 Å². The number of furan rings is 1. The largest absolute Gasteiger partial charge is 0.438 e. The van der Waals surface area contributed by atoms with E-state index in [0.717, 1.165) is 38.2 Å². The number of sulfonamides is 1. The summed E-state index contributed by atoms with van der Waals surface area (Å²) < 4.78 is 37.9.